The van der Waals surface area contributed by atoms with E-state index < -0.39 is 5.63 Å². The van der Waals surface area contributed by atoms with Crippen molar-refractivity contribution < 1.29 is 9.52 Å². The van der Waals surface area contributed by atoms with Crippen molar-refractivity contribution in [1.82, 2.24) is 0 Å². The van der Waals surface area contributed by atoms with Crippen LogP contribution in [0.3, 0.4) is 0 Å². The second-order valence-corrected chi connectivity index (χ2v) is 5.19. The Morgan fingerprint density at radius 2 is 2.00 bits per heavy atom. The monoisotopic (exact) mass is 358 g/mol. The van der Waals surface area contributed by atoms with E-state index in [4.69, 9.17) is 4.42 Å². The molecule has 2 rings (SSSR count). The molecule has 0 aliphatic carbocycles. The van der Waals surface area contributed by atoms with Crippen LogP contribution in [0.4, 0.5) is 0 Å². The fourth-order valence-corrected chi connectivity index (χ4v) is 2.41. The van der Waals surface area contributed by atoms with Crippen molar-refractivity contribution in [3.8, 4) is 5.75 Å². The molecule has 0 unspecified atom stereocenters. The fourth-order valence-electron chi connectivity index (χ4n) is 1.59. The molecule has 0 aliphatic rings. The lowest BCUT2D eigenvalue weighted by molar-refractivity contribution is 0.463. The maximum Gasteiger partial charge on any atom is 0.350 e. The first-order valence-electron chi connectivity index (χ1n) is 4.79. The predicted molar refractivity (Wildman–Crippen MR) is 73.4 cm³/mol. The SMILES string of the molecule is C=CCc1c(O)c(Br)cc2cc(Br)c(=O)oc12. The number of fused-ring (bicyclic) bond motifs is 1. The van der Waals surface area contributed by atoms with E-state index in [0.29, 0.717) is 26.5 Å². The molecule has 3 nitrogen and oxygen atoms in total. The Morgan fingerprint density at radius 1 is 1.35 bits per heavy atom. The zero-order chi connectivity index (χ0) is 12.6. The third-order valence-electron chi connectivity index (χ3n) is 2.35. The summed E-state index contributed by atoms with van der Waals surface area (Å²) in [5, 5.41) is 10.7. The number of allylic oxidation sites excluding steroid dienone is 1. The van der Waals surface area contributed by atoms with Gasteiger partial charge in [0.1, 0.15) is 15.8 Å². The van der Waals surface area contributed by atoms with Gasteiger partial charge in [-0.2, -0.15) is 0 Å². The molecule has 0 aliphatic heterocycles. The number of hydrogen-bond acceptors (Lipinski definition) is 3. The summed E-state index contributed by atoms with van der Waals surface area (Å²) in [5.74, 6) is 0.0721. The van der Waals surface area contributed by atoms with Gasteiger partial charge in [-0.15, -0.1) is 6.58 Å². The number of phenolic OH excluding ortho intramolecular Hbond substituents is 1. The van der Waals surface area contributed by atoms with Gasteiger partial charge in [-0.1, -0.05) is 6.08 Å². The average Bonchev–Trinajstić information content (AvgIpc) is 2.28. The maximum atomic E-state index is 11.5. The molecule has 17 heavy (non-hydrogen) atoms. The molecule has 1 N–H and O–H groups in total. The van der Waals surface area contributed by atoms with E-state index >= 15 is 0 Å². The van der Waals surface area contributed by atoms with Crippen LogP contribution in [0.5, 0.6) is 5.75 Å². The van der Waals surface area contributed by atoms with E-state index in [2.05, 4.69) is 38.4 Å². The van der Waals surface area contributed by atoms with E-state index in [9.17, 15) is 9.90 Å². The molecule has 0 radical (unpaired) electrons. The van der Waals surface area contributed by atoms with Gasteiger partial charge in [-0.25, -0.2) is 4.79 Å². The minimum absolute atomic E-state index is 0.0721. The van der Waals surface area contributed by atoms with Crippen molar-refractivity contribution in [1.29, 1.82) is 0 Å². The van der Waals surface area contributed by atoms with Crippen LogP contribution >= 0.6 is 31.9 Å². The van der Waals surface area contributed by atoms with Crippen LogP contribution in [-0.4, -0.2) is 5.11 Å². The molecule has 0 saturated heterocycles. The maximum absolute atomic E-state index is 11.5. The number of aromatic hydroxyl groups is 1. The highest BCUT2D eigenvalue weighted by Gasteiger charge is 2.14. The molecule has 5 heteroatoms. The molecule has 2 aromatic rings. The van der Waals surface area contributed by atoms with Crippen LogP contribution in [0.2, 0.25) is 0 Å². The van der Waals surface area contributed by atoms with Gasteiger partial charge in [-0.05, 0) is 50.4 Å². The van der Waals surface area contributed by atoms with Crippen LogP contribution < -0.4 is 5.63 Å². The number of hydrogen-bond donors (Lipinski definition) is 1. The van der Waals surface area contributed by atoms with Gasteiger partial charge in [0, 0.05) is 10.9 Å². The number of benzene rings is 1. The average molecular weight is 360 g/mol. The second kappa shape index (κ2) is 4.66. The van der Waals surface area contributed by atoms with Crippen molar-refractivity contribution in [2.24, 2.45) is 0 Å². The highest BCUT2D eigenvalue weighted by Crippen LogP contribution is 2.35. The van der Waals surface area contributed by atoms with Crippen molar-refractivity contribution >= 4 is 42.8 Å². The molecule has 88 valence electrons. The van der Waals surface area contributed by atoms with E-state index in [1.165, 1.54) is 0 Å². The normalized spacial score (nSPS) is 10.7. The van der Waals surface area contributed by atoms with Crippen molar-refractivity contribution in [3.63, 3.8) is 0 Å². The number of halogens is 2. The van der Waals surface area contributed by atoms with Gasteiger partial charge in [0.25, 0.3) is 0 Å². The lowest BCUT2D eigenvalue weighted by atomic mass is 10.1. The van der Waals surface area contributed by atoms with E-state index in [1.807, 2.05) is 0 Å². The first-order valence-corrected chi connectivity index (χ1v) is 6.37. The molecule has 0 amide bonds. The summed E-state index contributed by atoms with van der Waals surface area (Å²) in [7, 11) is 0. The van der Waals surface area contributed by atoms with Gasteiger partial charge < -0.3 is 9.52 Å². The van der Waals surface area contributed by atoms with E-state index in [0.717, 1.165) is 5.39 Å². The first kappa shape index (κ1) is 12.4. The van der Waals surface area contributed by atoms with Crippen LogP contribution in [0.15, 0.2) is 42.9 Å². The third-order valence-corrected chi connectivity index (χ3v) is 3.51. The van der Waals surface area contributed by atoms with Crippen molar-refractivity contribution in [3.05, 3.63) is 49.7 Å². The Morgan fingerprint density at radius 3 is 2.65 bits per heavy atom. The first-order chi connectivity index (χ1) is 8.04. The molecule has 1 aromatic heterocycles. The summed E-state index contributed by atoms with van der Waals surface area (Å²) in [6, 6.07) is 3.36. The molecule has 0 spiro atoms. The lowest BCUT2D eigenvalue weighted by Crippen LogP contribution is -2.00. The van der Waals surface area contributed by atoms with Gasteiger partial charge in [0.05, 0.1) is 4.47 Å². The standard InChI is InChI=1S/C12H8Br2O3/c1-2-3-7-10(15)8(13)4-6-5-9(14)12(16)17-11(6)7/h2,4-5,15H,1,3H2. The molecule has 0 fully saturated rings. The largest absolute Gasteiger partial charge is 0.506 e. The van der Waals surface area contributed by atoms with Crippen LogP contribution in [0, 0.1) is 0 Å². The summed E-state index contributed by atoms with van der Waals surface area (Å²) in [6.45, 7) is 3.62. The Balaban J connectivity index is 2.92. The molecule has 1 heterocycles. The van der Waals surface area contributed by atoms with Crippen LogP contribution in [-0.2, 0) is 6.42 Å². The van der Waals surface area contributed by atoms with Gasteiger partial charge in [0.2, 0.25) is 0 Å². The highest BCUT2D eigenvalue weighted by atomic mass is 79.9. The smallest absolute Gasteiger partial charge is 0.350 e. The Bertz CT molecular complexity index is 659. The second-order valence-electron chi connectivity index (χ2n) is 3.48. The van der Waals surface area contributed by atoms with Gasteiger partial charge >= 0.3 is 5.63 Å². The molecular weight excluding hydrogens is 352 g/mol. The topological polar surface area (TPSA) is 50.4 Å². The van der Waals surface area contributed by atoms with Crippen molar-refractivity contribution in [2.75, 3.05) is 0 Å². The Labute approximate surface area is 114 Å². The minimum Gasteiger partial charge on any atom is -0.506 e. The van der Waals surface area contributed by atoms with Gasteiger partial charge in [0.15, 0.2) is 0 Å². The predicted octanol–water partition coefficient (Wildman–Crippen LogP) is 3.75. The summed E-state index contributed by atoms with van der Waals surface area (Å²) >= 11 is 6.38. The molecule has 0 saturated carbocycles. The quantitative estimate of drug-likeness (QED) is 0.656. The number of rotatable bonds is 2. The number of phenols is 1. The minimum atomic E-state index is -0.468. The summed E-state index contributed by atoms with van der Waals surface area (Å²) in [6.07, 6.45) is 2.06. The molecular formula is C12H8Br2O3. The van der Waals surface area contributed by atoms with Crippen LogP contribution in [0.25, 0.3) is 11.0 Å². The fraction of sp³-hybridized carbons (Fsp3) is 0.0833. The highest BCUT2D eigenvalue weighted by molar-refractivity contribution is 9.10. The zero-order valence-corrected chi connectivity index (χ0v) is 11.8. The Kier molecular flexibility index (Phi) is 3.40. The summed E-state index contributed by atoms with van der Waals surface area (Å²) in [5.41, 5.74) is 0.470. The van der Waals surface area contributed by atoms with Crippen LogP contribution in [0.1, 0.15) is 5.56 Å². The molecule has 1 aromatic carbocycles. The zero-order valence-electron chi connectivity index (χ0n) is 8.67. The molecule has 0 bridgehead atoms. The van der Waals surface area contributed by atoms with E-state index in [-0.39, 0.29) is 5.75 Å². The van der Waals surface area contributed by atoms with E-state index in [1.54, 1.807) is 18.2 Å². The lowest BCUT2D eigenvalue weighted by Gasteiger charge is -2.08. The summed E-state index contributed by atoms with van der Waals surface area (Å²) in [4.78, 5) is 11.5. The molecule has 0 atom stereocenters. The van der Waals surface area contributed by atoms with Gasteiger partial charge in [-0.3, -0.25) is 0 Å². The Hall–Kier alpha value is -1.07. The summed E-state index contributed by atoms with van der Waals surface area (Å²) < 4.78 is 6.09. The third kappa shape index (κ3) is 2.17. The van der Waals surface area contributed by atoms with Crippen molar-refractivity contribution in [2.45, 2.75) is 6.42 Å².